The lowest BCUT2D eigenvalue weighted by Crippen LogP contribution is -2.39. The third-order valence-corrected chi connectivity index (χ3v) is 5.48. The Hall–Kier alpha value is -2.89. The van der Waals surface area contributed by atoms with Gasteiger partial charge in [-0.25, -0.2) is 4.98 Å². The maximum atomic E-state index is 12.7. The molecule has 146 valence electrons. The zero-order valence-corrected chi connectivity index (χ0v) is 16.3. The number of fused-ring (bicyclic) bond motifs is 1. The monoisotopic (exact) mass is 379 g/mol. The SMILES string of the molecule is CC(C)C1CCN(C(=O)c2coc(COc3ccc4ncccc4c3)n2)CC1. The average molecular weight is 379 g/mol. The Morgan fingerprint density at radius 2 is 2.11 bits per heavy atom. The number of rotatable bonds is 5. The minimum Gasteiger partial charge on any atom is -0.484 e. The average Bonchev–Trinajstić information content (AvgIpc) is 3.20. The molecule has 0 saturated carbocycles. The summed E-state index contributed by atoms with van der Waals surface area (Å²) in [6.45, 7) is 6.24. The summed E-state index contributed by atoms with van der Waals surface area (Å²) in [6, 6.07) is 9.58. The van der Waals surface area contributed by atoms with E-state index in [0.29, 0.717) is 29.2 Å². The van der Waals surface area contributed by atoms with Crippen LogP contribution in [0.2, 0.25) is 0 Å². The summed E-state index contributed by atoms with van der Waals surface area (Å²) < 4.78 is 11.2. The topological polar surface area (TPSA) is 68.5 Å². The molecule has 0 N–H and O–H groups in total. The van der Waals surface area contributed by atoms with Crippen molar-refractivity contribution in [3.63, 3.8) is 0 Å². The summed E-state index contributed by atoms with van der Waals surface area (Å²) in [4.78, 5) is 23.2. The van der Waals surface area contributed by atoms with Crippen molar-refractivity contribution in [2.24, 2.45) is 11.8 Å². The Balaban J connectivity index is 1.35. The second-order valence-electron chi connectivity index (χ2n) is 7.65. The third kappa shape index (κ3) is 4.01. The van der Waals surface area contributed by atoms with Gasteiger partial charge in [0.25, 0.3) is 5.91 Å². The van der Waals surface area contributed by atoms with Gasteiger partial charge in [0.05, 0.1) is 5.52 Å². The molecule has 0 bridgehead atoms. The van der Waals surface area contributed by atoms with Crippen molar-refractivity contribution in [1.82, 2.24) is 14.9 Å². The van der Waals surface area contributed by atoms with Crippen LogP contribution in [0.1, 0.15) is 43.1 Å². The minimum absolute atomic E-state index is 0.0611. The maximum Gasteiger partial charge on any atom is 0.275 e. The third-order valence-electron chi connectivity index (χ3n) is 5.48. The van der Waals surface area contributed by atoms with E-state index in [1.54, 1.807) is 6.20 Å². The number of hydrogen-bond acceptors (Lipinski definition) is 5. The molecule has 1 aromatic carbocycles. The molecule has 3 heterocycles. The zero-order chi connectivity index (χ0) is 19.5. The highest BCUT2D eigenvalue weighted by Crippen LogP contribution is 2.25. The largest absolute Gasteiger partial charge is 0.484 e. The van der Waals surface area contributed by atoms with Crippen molar-refractivity contribution in [2.75, 3.05) is 13.1 Å². The number of aromatic nitrogens is 2. The molecule has 4 rings (SSSR count). The van der Waals surface area contributed by atoms with E-state index in [1.165, 1.54) is 6.26 Å². The number of carbonyl (C=O) groups excluding carboxylic acids is 1. The fraction of sp³-hybridized carbons (Fsp3) is 0.409. The van der Waals surface area contributed by atoms with Crippen LogP contribution in [0.25, 0.3) is 10.9 Å². The van der Waals surface area contributed by atoms with Crippen molar-refractivity contribution in [2.45, 2.75) is 33.3 Å². The second-order valence-corrected chi connectivity index (χ2v) is 7.65. The molecule has 3 aromatic rings. The van der Waals surface area contributed by atoms with Crippen molar-refractivity contribution in [3.8, 4) is 5.75 Å². The fourth-order valence-electron chi connectivity index (χ4n) is 3.70. The summed E-state index contributed by atoms with van der Waals surface area (Å²) in [5.41, 5.74) is 1.27. The van der Waals surface area contributed by atoms with E-state index in [0.717, 1.165) is 36.8 Å². The number of benzene rings is 1. The van der Waals surface area contributed by atoms with E-state index in [-0.39, 0.29) is 12.5 Å². The normalized spacial score (nSPS) is 15.3. The predicted molar refractivity (Wildman–Crippen MR) is 106 cm³/mol. The summed E-state index contributed by atoms with van der Waals surface area (Å²) >= 11 is 0. The van der Waals surface area contributed by atoms with Crippen LogP contribution in [0.3, 0.4) is 0 Å². The Kier molecular flexibility index (Phi) is 5.28. The number of amides is 1. The lowest BCUT2D eigenvalue weighted by Gasteiger charge is -2.33. The lowest BCUT2D eigenvalue weighted by atomic mass is 9.87. The van der Waals surface area contributed by atoms with E-state index < -0.39 is 0 Å². The summed E-state index contributed by atoms with van der Waals surface area (Å²) in [7, 11) is 0. The van der Waals surface area contributed by atoms with E-state index in [9.17, 15) is 4.79 Å². The van der Waals surface area contributed by atoms with Crippen LogP contribution >= 0.6 is 0 Å². The molecule has 1 fully saturated rings. The molecule has 1 amide bonds. The molecule has 2 aromatic heterocycles. The molecule has 0 aliphatic carbocycles. The summed E-state index contributed by atoms with van der Waals surface area (Å²) in [5, 5.41) is 1.01. The number of oxazole rings is 1. The van der Waals surface area contributed by atoms with Gasteiger partial charge in [-0.15, -0.1) is 0 Å². The Labute approximate surface area is 164 Å². The maximum absolute atomic E-state index is 12.7. The zero-order valence-electron chi connectivity index (χ0n) is 16.3. The molecular formula is C22H25N3O3. The van der Waals surface area contributed by atoms with Gasteiger partial charge < -0.3 is 14.1 Å². The molecule has 1 aliphatic rings. The number of nitrogens with zero attached hydrogens (tertiary/aromatic N) is 3. The lowest BCUT2D eigenvalue weighted by molar-refractivity contribution is 0.0661. The van der Waals surface area contributed by atoms with Gasteiger partial charge in [-0.1, -0.05) is 19.9 Å². The van der Waals surface area contributed by atoms with Crippen LogP contribution in [0.5, 0.6) is 5.75 Å². The number of pyridine rings is 1. The molecule has 0 spiro atoms. The minimum atomic E-state index is -0.0611. The fourth-order valence-corrected chi connectivity index (χ4v) is 3.70. The van der Waals surface area contributed by atoms with Gasteiger partial charge in [0.1, 0.15) is 12.0 Å². The number of ether oxygens (including phenoxy) is 1. The van der Waals surface area contributed by atoms with Crippen molar-refractivity contribution < 1.29 is 13.9 Å². The van der Waals surface area contributed by atoms with Crippen LogP contribution in [-0.2, 0) is 6.61 Å². The first kappa shape index (κ1) is 18.5. The van der Waals surface area contributed by atoms with Gasteiger partial charge in [-0.3, -0.25) is 9.78 Å². The van der Waals surface area contributed by atoms with Crippen LogP contribution < -0.4 is 4.74 Å². The van der Waals surface area contributed by atoms with Crippen LogP contribution in [0, 0.1) is 11.8 Å². The van der Waals surface area contributed by atoms with Crippen molar-refractivity contribution in [1.29, 1.82) is 0 Å². The smallest absolute Gasteiger partial charge is 0.275 e. The summed E-state index contributed by atoms with van der Waals surface area (Å²) in [5.74, 6) is 2.41. The second kappa shape index (κ2) is 8.00. The van der Waals surface area contributed by atoms with Crippen LogP contribution in [-0.4, -0.2) is 33.9 Å². The molecule has 1 aliphatic heterocycles. The van der Waals surface area contributed by atoms with Gasteiger partial charge >= 0.3 is 0 Å². The van der Waals surface area contributed by atoms with Gasteiger partial charge in [-0.05, 0) is 48.9 Å². The highest BCUT2D eigenvalue weighted by molar-refractivity contribution is 5.92. The van der Waals surface area contributed by atoms with E-state index in [4.69, 9.17) is 9.15 Å². The van der Waals surface area contributed by atoms with Gasteiger partial charge in [-0.2, -0.15) is 0 Å². The summed E-state index contributed by atoms with van der Waals surface area (Å²) in [6.07, 6.45) is 5.29. The molecular weight excluding hydrogens is 354 g/mol. The first-order valence-electron chi connectivity index (χ1n) is 9.81. The number of hydrogen-bond donors (Lipinski definition) is 0. The van der Waals surface area contributed by atoms with E-state index in [1.807, 2.05) is 35.2 Å². The standard InChI is InChI=1S/C22H25N3O3/c1-15(2)16-7-10-25(11-8-16)22(26)20-13-28-21(24-20)14-27-18-5-6-19-17(12-18)4-3-9-23-19/h3-6,9,12-13,15-16H,7-8,10-11,14H2,1-2H3. The molecule has 6 nitrogen and oxygen atoms in total. The van der Waals surface area contributed by atoms with Gasteiger partial charge in [0.15, 0.2) is 12.3 Å². The highest BCUT2D eigenvalue weighted by Gasteiger charge is 2.26. The van der Waals surface area contributed by atoms with Gasteiger partial charge in [0, 0.05) is 24.7 Å². The molecule has 28 heavy (non-hydrogen) atoms. The van der Waals surface area contributed by atoms with E-state index >= 15 is 0 Å². The van der Waals surface area contributed by atoms with Crippen LogP contribution in [0.4, 0.5) is 0 Å². The molecule has 0 atom stereocenters. The quantitative estimate of drug-likeness (QED) is 0.661. The molecule has 6 heteroatoms. The van der Waals surface area contributed by atoms with E-state index in [2.05, 4.69) is 23.8 Å². The Morgan fingerprint density at radius 3 is 2.89 bits per heavy atom. The number of carbonyl (C=O) groups is 1. The number of piperidine rings is 1. The Bertz CT molecular complexity index is 958. The molecule has 1 saturated heterocycles. The number of likely N-dealkylation sites (tertiary alicyclic amines) is 1. The van der Waals surface area contributed by atoms with Gasteiger partial charge in [0.2, 0.25) is 5.89 Å². The van der Waals surface area contributed by atoms with Crippen LogP contribution in [0.15, 0.2) is 47.2 Å². The van der Waals surface area contributed by atoms with Crippen molar-refractivity contribution >= 4 is 16.8 Å². The predicted octanol–water partition coefficient (Wildman–Crippen LogP) is 4.31. The first-order valence-corrected chi connectivity index (χ1v) is 9.81. The van der Waals surface area contributed by atoms with Crippen molar-refractivity contribution in [3.05, 3.63) is 54.4 Å². The highest BCUT2D eigenvalue weighted by atomic mass is 16.5. The Morgan fingerprint density at radius 1 is 1.29 bits per heavy atom. The molecule has 0 unspecified atom stereocenters. The molecule has 0 radical (unpaired) electrons. The first-order chi connectivity index (χ1) is 13.6.